The molecule has 8 heteroatoms. The Balaban J connectivity index is 2.32. The van der Waals surface area contributed by atoms with Crippen molar-refractivity contribution < 1.29 is 18.3 Å². The summed E-state index contributed by atoms with van der Waals surface area (Å²) in [5.41, 5.74) is 6.19. The van der Waals surface area contributed by atoms with E-state index in [9.17, 15) is 13.2 Å². The summed E-state index contributed by atoms with van der Waals surface area (Å²) in [5.74, 6) is -1.16. The van der Waals surface area contributed by atoms with Crippen molar-refractivity contribution in [3.63, 3.8) is 0 Å². The van der Waals surface area contributed by atoms with E-state index in [1.807, 2.05) is 0 Å². The number of carboxylic acid groups (broad SMARTS) is 1. The standard InChI is InChI=1S/C11H10N2O4S2/c12-7-3-1-2-4-8(7)13-19(16,17)10-6-5-9(18-10)11(14)15/h1-6,13H,12H2,(H,14,15). The second kappa shape index (κ2) is 4.90. The molecule has 0 aliphatic carbocycles. The summed E-state index contributed by atoms with van der Waals surface area (Å²) < 4.78 is 26.3. The Bertz CT molecular complexity index is 722. The molecule has 0 saturated heterocycles. The summed E-state index contributed by atoms with van der Waals surface area (Å²) in [7, 11) is -3.82. The smallest absolute Gasteiger partial charge is 0.345 e. The molecular weight excluding hydrogens is 288 g/mol. The maximum Gasteiger partial charge on any atom is 0.345 e. The van der Waals surface area contributed by atoms with Gasteiger partial charge in [0.15, 0.2) is 0 Å². The van der Waals surface area contributed by atoms with Gasteiger partial charge in [0, 0.05) is 0 Å². The van der Waals surface area contributed by atoms with E-state index in [2.05, 4.69) is 4.72 Å². The van der Waals surface area contributed by atoms with E-state index in [0.29, 0.717) is 17.0 Å². The Morgan fingerprint density at radius 3 is 2.47 bits per heavy atom. The summed E-state index contributed by atoms with van der Waals surface area (Å²) >= 11 is 0.682. The Labute approximate surface area is 113 Å². The zero-order chi connectivity index (χ0) is 14.0. The summed E-state index contributed by atoms with van der Waals surface area (Å²) in [6.07, 6.45) is 0. The number of anilines is 2. The lowest BCUT2D eigenvalue weighted by atomic mass is 10.3. The number of nitrogens with two attached hydrogens (primary N) is 1. The van der Waals surface area contributed by atoms with Crippen LogP contribution in [0.1, 0.15) is 9.67 Å². The van der Waals surface area contributed by atoms with Crippen LogP contribution in [0.15, 0.2) is 40.6 Å². The van der Waals surface area contributed by atoms with Crippen LogP contribution in [0, 0.1) is 0 Å². The van der Waals surface area contributed by atoms with Gasteiger partial charge < -0.3 is 10.8 Å². The molecular formula is C11H10N2O4S2. The largest absolute Gasteiger partial charge is 0.477 e. The molecule has 19 heavy (non-hydrogen) atoms. The Morgan fingerprint density at radius 2 is 1.89 bits per heavy atom. The van der Waals surface area contributed by atoms with Crippen LogP contribution in [0.4, 0.5) is 11.4 Å². The predicted molar refractivity (Wildman–Crippen MR) is 72.9 cm³/mol. The van der Waals surface area contributed by atoms with Crippen molar-refractivity contribution >= 4 is 38.7 Å². The highest BCUT2D eigenvalue weighted by molar-refractivity contribution is 7.94. The van der Waals surface area contributed by atoms with Crippen molar-refractivity contribution in [2.75, 3.05) is 10.5 Å². The number of benzene rings is 1. The van der Waals surface area contributed by atoms with Crippen LogP contribution in [0.3, 0.4) is 0 Å². The van der Waals surface area contributed by atoms with Crippen LogP contribution in [-0.4, -0.2) is 19.5 Å². The van der Waals surface area contributed by atoms with Gasteiger partial charge in [-0.25, -0.2) is 13.2 Å². The minimum Gasteiger partial charge on any atom is -0.477 e. The first-order valence-corrected chi connectivity index (χ1v) is 7.40. The Hall–Kier alpha value is -2.06. The van der Waals surface area contributed by atoms with Crippen molar-refractivity contribution in [1.29, 1.82) is 0 Å². The molecule has 0 amide bonds. The Kier molecular flexibility index (Phi) is 3.45. The van der Waals surface area contributed by atoms with Crippen LogP contribution in [-0.2, 0) is 10.0 Å². The number of aromatic carboxylic acids is 1. The third-order valence-corrected chi connectivity index (χ3v) is 5.19. The first kappa shape index (κ1) is 13.4. The average molecular weight is 298 g/mol. The molecule has 1 aromatic carbocycles. The van der Waals surface area contributed by atoms with E-state index in [1.54, 1.807) is 18.2 Å². The number of carboxylic acids is 1. The van der Waals surface area contributed by atoms with Gasteiger partial charge >= 0.3 is 5.97 Å². The third-order valence-electron chi connectivity index (χ3n) is 2.26. The normalized spacial score (nSPS) is 11.2. The van der Waals surface area contributed by atoms with Gasteiger partial charge in [0.25, 0.3) is 10.0 Å². The molecule has 0 bridgehead atoms. The van der Waals surface area contributed by atoms with Crippen molar-refractivity contribution in [3.8, 4) is 0 Å². The summed E-state index contributed by atoms with van der Waals surface area (Å²) in [4.78, 5) is 10.7. The molecule has 0 atom stereocenters. The van der Waals surface area contributed by atoms with Gasteiger partial charge in [-0.3, -0.25) is 4.72 Å². The second-order valence-corrected chi connectivity index (χ2v) is 6.61. The molecule has 4 N–H and O–H groups in total. The molecule has 100 valence electrons. The first-order chi connectivity index (χ1) is 8.90. The van der Waals surface area contributed by atoms with Gasteiger partial charge in [-0.1, -0.05) is 12.1 Å². The predicted octanol–water partition coefficient (Wildman–Crippen LogP) is 1.83. The zero-order valence-corrected chi connectivity index (χ0v) is 11.2. The average Bonchev–Trinajstić information content (AvgIpc) is 2.82. The molecule has 6 nitrogen and oxygen atoms in total. The summed E-state index contributed by atoms with van der Waals surface area (Å²) in [5, 5.41) is 8.77. The number of nitrogens with one attached hydrogen (secondary N) is 1. The SMILES string of the molecule is Nc1ccccc1NS(=O)(=O)c1ccc(C(=O)O)s1. The third kappa shape index (κ3) is 2.85. The molecule has 0 spiro atoms. The topological polar surface area (TPSA) is 109 Å². The molecule has 0 unspecified atom stereocenters. The maximum absolute atomic E-state index is 12.0. The molecule has 0 aliphatic rings. The molecule has 0 aliphatic heterocycles. The van der Waals surface area contributed by atoms with Crippen LogP contribution in [0.2, 0.25) is 0 Å². The lowest BCUT2D eigenvalue weighted by Gasteiger charge is -2.08. The van der Waals surface area contributed by atoms with Crippen LogP contribution < -0.4 is 10.5 Å². The van der Waals surface area contributed by atoms with Crippen molar-refractivity contribution in [2.24, 2.45) is 0 Å². The minimum absolute atomic E-state index is 0.0404. The van der Waals surface area contributed by atoms with Gasteiger partial charge in [0.1, 0.15) is 9.09 Å². The maximum atomic E-state index is 12.0. The number of sulfonamides is 1. The van der Waals surface area contributed by atoms with Gasteiger partial charge in [0.05, 0.1) is 11.4 Å². The Morgan fingerprint density at radius 1 is 1.21 bits per heavy atom. The fraction of sp³-hybridized carbons (Fsp3) is 0. The number of thiophene rings is 1. The fourth-order valence-corrected chi connectivity index (χ4v) is 3.60. The molecule has 0 fully saturated rings. The molecule has 0 radical (unpaired) electrons. The highest BCUT2D eigenvalue weighted by atomic mass is 32.2. The van der Waals surface area contributed by atoms with E-state index in [1.165, 1.54) is 18.2 Å². The van der Waals surface area contributed by atoms with Crippen molar-refractivity contribution in [2.45, 2.75) is 4.21 Å². The molecule has 1 aromatic heterocycles. The van der Waals surface area contributed by atoms with Crippen molar-refractivity contribution in [1.82, 2.24) is 0 Å². The molecule has 2 rings (SSSR count). The van der Waals surface area contributed by atoms with Crippen LogP contribution in [0.5, 0.6) is 0 Å². The van der Waals surface area contributed by atoms with E-state index >= 15 is 0 Å². The highest BCUT2D eigenvalue weighted by Gasteiger charge is 2.19. The highest BCUT2D eigenvalue weighted by Crippen LogP contribution is 2.26. The minimum atomic E-state index is -3.82. The van der Waals surface area contributed by atoms with Gasteiger partial charge in [-0.05, 0) is 24.3 Å². The number of para-hydroxylation sites is 2. The lowest BCUT2D eigenvalue weighted by Crippen LogP contribution is -2.12. The van der Waals surface area contributed by atoms with E-state index in [4.69, 9.17) is 10.8 Å². The monoisotopic (exact) mass is 298 g/mol. The van der Waals surface area contributed by atoms with Gasteiger partial charge in [-0.2, -0.15) is 0 Å². The second-order valence-electron chi connectivity index (χ2n) is 3.62. The lowest BCUT2D eigenvalue weighted by molar-refractivity contribution is 0.0702. The van der Waals surface area contributed by atoms with E-state index < -0.39 is 16.0 Å². The van der Waals surface area contributed by atoms with Crippen LogP contribution in [0.25, 0.3) is 0 Å². The number of rotatable bonds is 4. The van der Waals surface area contributed by atoms with Gasteiger partial charge in [-0.15, -0.1) is 11.3 Å². The summed E-state index contributed by atoms with van der Waals surface area (Å²) in [6.45, 7) is 0. The first-order valence-electron chi connectivity index (χ1n) is 5.10. The van der Waals surface area contributed by atoms with E-state index in [0.717, 1.165) is 0 Å². The number of hydrogen-bond acceptors (Lipinski definition) is 5. The zero-order valence-electron chi connectivity index (χ0n) is 9.53. The fourth-order valence-electron chi connectivity index (χ4n) is 1.36. The molecule has 2 aromatic rings. The van der Waals surface area contributed by atoms with Crippen LogP contribution >= 0.6 is 11.3 Å². The molecule has 0 saturated carbocycles. The summed E-state index contributed by atoms with van der Waals surface area (Å²) in [6, 6.07) is 8.91. The van der Waals surface area contributed by atoms with E-state index in [-0.39, 0.29) is 14.8 Å². The molecule has 1 heterocycles. The quantitative estimate of drug-likeness (QED) is 0.746. The number of nitrogen functional groups attached to an aromatic ring is 1. The number of hydrogen-bond donors (Lipinski definition) is 3. The van der Waals surface area contributed by atoms with Gasteiger partial charge in [0.2, 0.25) is 0 Å². The van der Waals surface area contributed by atoms with Crippen molar-refractivity contribution in [3.05, 3.63) is 41.3 Å². The number of carbonyl (C=O) groups is 1.